The average molecular weight is 435 g/mol. The molecule has 0 saturated heterocycles. The number of halogens is 2. The number of unbranched alkanes of at least 4 members (excludes halogenated alkanes) is 1. The van der Waals surface area contributed by atoms with E-state index in [2.05, 4.69) is 29.4 Å². The van der Waals surface area contributed by atoms with Gasteiger partial charge in [-0.3, -0.25) is 10.1 Å². The Morgan fingerprint density at radius 3 is 2.86 bits per heavy atom. The molecule has 0 radical (unpaired) electrons. The molecule has 0 aliphatic rings. The topological polar surface area (TPSA) is 51.2 Å². The first-order valence-electron chi connectivity index (χ1n) is 8.91. The largest absolute Gasteiger partial charge is 0.495 e. The summed E-state index contributed by atoms with van der Waals surface area (Å²) in [5, 5.41) is 4.23. The van der Waals surface area contributed by atoms with Crippen molar-refractivity contribution in [1.29, 1.82) is 0 Å². The van der Waals surface area contributed by atoms with Crippen LogP contribution in [0.1, 0.15) is 30.9 Å². The molecule has 0 fully saturated rings. The van der Waals surface area contributed by atoms with E-state index in [4.69, 9.17) is 27.9 Å². The number of methoxy groups -OCH3 is 1. The normalized spacial score (nSPS) is 11.3. The predicted molar refractivity (Wildman–Crippen MR) is 119 cm³/mol. The number of benzene rings is 2. The summed E-state index contributed by atoms with van der Waals surface area (Å²) >= 11 is 13.6. The van der Waals surface area contributed by atoms with Gasteiger partial charge in [-0.15, -0.1) is 0 Å². The molecule has 0 unspecified atom stereocenters. The number of aromatic nitrogens is 1. The Hall–Kier alpha value is -2.08. The number of carbonyl (C=O) groups excluding carboxylic acids is 1. The van der Waals surface area contributed by atoms with Gasteiger partial charge in [0.15, 0.2) is 5.13 Å². The van der Waals surface area contributed by atoms with Gasteiger partial charge >= 0.3 is 0 Å². The Bertz CT molecular complexity index is 1030. The molecule has 1 aromatic heterocycles. The highest BCUT2D eigenvalue weighted by Gasteiger charge is 2.10. The van der Waals surface area contributed by atoms with E-state index in [1.807, 2.05) is 6.07 Å². The van der Waals surface area contributed by atoms with E-state index < -0.39 is 0 Å². The van der Waals surface area contributed by atoms with Gasteiger partial charge in [0.2, 0.25) is 5.91 Å². The minimum atomic E-state index is -0.289. The summed E-state index contributed by atoms with van der Waals surface area (Å²) in [5.41, 5.74) is 2.80. The van der Waals surface area contributed by atoms with Crippen molar-refractivity contribution in [2.45, 2.75) is 26.2 Å². The van der Waals surface area contributed by atoms with E-state index in [0.29, 0.717) is 26.5 Å². The van der Waals surface area contributed by atoms with Crippen molar-refractivity contribution in [3.63, 3.8) is 0 Å². The molecule has 146 valence electrons. The van der Waals surface area contributed by atoms with Crippen molar-refractivity contribution >= 4 is 61.9 Å². The second-order valence-electron chi connectivity index (χ2n) is 6.26. The zero-order valence-corrected chi connectivity index (χ0v) is 17.9. The molecule has 3 aromatic rings. The van der Waals surface area contributed by atoms with Crippen molar-refractivity contribution in [2.75, 3.05) is 12.4 Å². The van der Waals surface area contributed by atoms with Crippen molar-refractivity contribution in [2.24, 2.45) is 0 Å². The number of aryl methyl sites for hydroxylation is 1. The zero-order chi connectivity index (χ0) is 20.1. The van der Waals surface area contributed by atoms with Gasteiger partial charge in [-0.05, 0) is 48.7 Å². The van der Waals surface area contributed by atoms with Gasteiger partial charge in [0, 0.05) is 16.7 Å². The second kappa shape index (κ2) is 9.41. The molecular weight excluding hydrogens is 415 g/mol. The van der Waals surface area contributed by atoms with Crippen LogP contribution in [0.4, 0.5) is 5.13 Å². The van der Waals surface area contributed by atoms with E-state index in [9.17, 15) is 4.79 Å². The van der Waals surface area contributed by atoms with Crippen molar-refractivity contribution in [3.8, 4) is 5.75 Å². The van der Waals surface area contributed by atoms with Crippen LogP contribution in [0.15, 0.2) is 36.4 Å². The standard InChI is InChI=1S/C21H20Cl2N2O2S/c1-3-4-5-13-6-8-17-18(10-13)28-21(24-17)25-19(26)9-7-14-11-15(22)12-16(23)20(14)27-2/h6-12H,3-5H2,1-2H3,(H,24,25,26)/b9-7+. The Morgan fingerprint density at radius 1 is 1.29 bits per heavy atom. The Labute approximate surface area is 178 Å². The molecule has 0 atom stereocenters. The number of thiazole rings is 1. The molecule has 3 rings (SSSR count). The molecule has 1 N–H and O–H groups in total. The molecule has 0 aliphatic carbocycles. The van der Waals surface area contributed by atoms with E-state index in [-0.39, 0.29) is 5.91 Å². The summed E-state index contributed by atoms with van der Waals surface area (Å²) in [7, 11) is 1.52. The highest BCUT2D eigenvalue weighted by Crippen LogP contribution is 2.33. The fourth-order valence-electron chi connectivity index (χ4n) is 2.79. The molecule has 1 amide bonds. The van der Waals surface area contributed by atoms with Crippen LogP contribution in [0.3, 0.4) is 0 Å². The van der Waals surface area contributed by atoms with Gasteiger partial charge in [0.1, 0.15) is 5.75 Å². The smallest absolute Gasteiger partial charge is 0.250 e. The lowest BCUT2D eigenvalue weighted by atomic mass is 10.1. The minimum absolute atomic E-state index is 0.289. The third-order valence-corrected chi connectivity index (χ3v) is 5.59. The van der Waals surface area contributed by atoms with Crippen LogP contribution in [0.25, 0.3) is 16.3 Å². The molecule has 0 aliphatic heterocycles. The van der Waals surface area contributed by atoms with Crippen LogP contribution in [0, 0.1) is 0 Å². The maximum absolute atomic E-state index is 12.3. The van der Waals surface area contributed by atoms with Crippen LogP contribution in [-0.2, 0) is 11.2 Å². The lowest BCUT2D eigenvalue weighted by Gasteiger charge is -2.07. The number of nitrogens with zero attached hydrogens (tertiary/aromatic N) is 1. The molecule has 0 spiro atoms. The summed E-state index contributed by atoms with van der Waals surface area (Å²) in [6.07, 6.45) is 6.40. The van der Waals surface area contributed by atoms with E-state index >= 15 is 0 Å². The van der Waals surface area contributed by atoms with Crippen molar-refractivity contribution in [3.05, 3.63) is 57.6 Å². The number of amides is 1. The number of hydrogen-bond donors (Lipinski definition) is 1. The highest BCUT2D eigenvalue weighted by molar-refractivity contribution is 7.22. The lowest BCUT2D eigenvalue weighted by molar-refractivity contribution is -0.111. The summed E-state index contributed by atoms with van der Waals surface area (Å²) < 4.78 is 6.34. The van der Waals surface area contributed by atoms with E-state index in [1.54, 1.807) is 18.2 Å². The van der Waals surface area contributed by atoms with E-state index in [0.717, 1.165) is 29.5 Å². The molecule has 1 heterocycles. The summed E-state index contributed by atoms with van der Waals surface area (Å²) in [6, 6.07) is 9.52. The average Bonchev–Trinajstić information content (AvgIpc) is 3.05. The number of fused-ring (bicyclic) bond motifs is 1. The number of ether oxygens (including phenoxy) is 1. The summed E-state index contributed by atoms with van der Waals surface area (Å²) in [5.74, 6) is 0.179. The first kappa shape index (κ1) is 20.6. The fraction of sp³-hybridized carbons (Fsp3) is 0.238. The van der Waals surface area contributed by atoms with Gasteiger partial charge in [-0.25, -0.2) is 4.98 Å². The van der Waals surface area contributed by atoms with E-state index in [1.165, 1.54) is 30.1 Å². The van der Waals surface area contributed by atoms with Gasteiger partial charge in [0.05, 0.1) is 22.3 Å². The molecule has 28 heavy (non-hydrogen) atoms. The number of nitrogens with one attached hydrogen (secondary N) is 1. The summed E-state index contributed by atoms with van der Waals surface area (Å²) in [4.78, 5) is 16.8. The van der Waals surface area contributed by atoms with Crippen LogP contribution in [0.2, 0.25) is 10.0 Å². The Kier molecular flexibility index (Phi) is 6.94. The van der Waals surface area contributed by atoms with Gasteiger partial charge < -0.3 is 4.74 Å². The fourth-order valence-corrected chi connectivity index (χ4v) is 4.31. The minimum Gasteiger partial charge on any atom is -0.495 e. The molecule has 0 saturated carbocycles. The van der Waals surface area contributed by atoms with Crippen LogP contribution in [0.5, 0.6) is 5.75 Å². The first-order valence-corrected chi connectivity index (χ1v) is 10.5. The molecule has 7 heteroatoms. The van der Waals surface area contributed by atoms with Crippen LogP contribution >= 0.6 is 34.5 Å². The molecule has 2 aromatic carbocycles. The third-order valence-electron chi connectivity index (χ3n) is 4.16. The van der Waals surface area contributed by atoms with Crippen molar-refractivity contribution in [1.82, 2.24) is 4.98 Å². The maximum atomic E-state index is 12.3. The first-order chi connectivity index (χ1) is 13.5. The SMILES string of the molecule is CCCCc1ccc2nc(NC(=O)/C=C/c3cc(Cl)cc(Cl)c3OC)sc2c1. The van der Waals surface area contributed by atoms with Gasteiger partial charge in [-0.2, -0.15) is 0 Å². The second-order valence-corrected chi connectivity index (χ2v) is 8.13. The number of hydrogen-bond acceptors (Lipinski definition) is 4. The molecule has 4 nitrogen and oxygen atoms in total. The third kappa shape index (κ3) is 5.04. The Balaban J connectivity index is 1.73. The van der Waals surface area contributed by atoms with Crippen LogP contribution < -0.4 is 10.1 Å². The van der Waals surface area contributed by atoms with Crippen molar-refractivity contribution < 1.29 is 9.53 Å². The zero-order valence-electron chi connectivity index (χ0n) is 15.6. The maximum Gasteiger partial charge on any atom is 0.250 e. The lowest BCUT2D eigenvalue weighted by Crippen LogP contribution is -2.07. The number of carbonyl (C=O) groups is 1. The Morgan fingerprint density at radius 2 is 2.11 bits per heavy atom. The van der Waals surface area contributed by atoms with Gasteiger partial charge in [0.25, 0.3) is 0 Å². The molecular formula is C21H20Cl2N2O2S. The number of anilines is 1. The van der Waals surface area contributed by atoms with Gasteiger partial charge in [-0.1, -0.05) is 53.9 Å². The summed E-state index contributed by atoms with van der Waals surface area (Å²) in [6.45, 7) is 2.18. The highest BCUT2D eigenvalue weighted by atomic mass is 35.5. The monoisotopic (exact) mass is 434 g/mol. The molecule has 0 bridgehead atoms. The number of rotatable bonds is 7. The van der Waals surface area contributed by atoms with Crippen LogP contribution in [-0.4, -0.2) is 18.0 Å². The quantitative estimate of drug-likeness (QED) is 0.425. The predicted octanol–water partition coefficient (Wildman–Crippen LogP) is 6.61.